The molecule has 1 heterocycles. The average Bonchev–Trinajstić information content (AvgIpc) is 2.49. The number of para-hydroxylation sites is 1. The molecular weight excluding hydrogens is 262 g/mol. The van der Waals surface area contributed by atoms with Crippen LogP contribution in [0.5, 0.6) is 0 Å². The number of anilines is 1. The van der Waals surface area contributed by atoms with Crippen LogP contribution in [0.4, 0.5) is 11.5 Å². The van der Waals surface area contributed by atoms with Crippen molar-refractivity contribution < 1.29 is 4.74 Å². The van der Waals surface area contributed by atoms with Crippen LogP contribution >= 0.6 is 0 Å². The van der Waals surface area contributed by atoms with E-state index in [1.165, 1.54) is 0 Å². The van der Waals surface area contributed by atoms with Crippen LogP contribution in [0.25, 0.3) is 10.9 Å². The minimum Gasteiger partial charge on any atom is -0.382 e. The zero-order valence-corrected chi connectivity index (χ0v) is 13.0. The number of aromatic nitrogens is 1. The van der Waals surface area contributed by atoms with Gasteiger partial charge in [0.1, 0.15) is 11.5 Å². The molecule has 0 bridgehead atoms. The number of hydrogen-bond donors (Lipinski definition) is 1. The zero-order chi connectivity index (χ0) is 15.2. The molecule has 0 radical (unpaired) electrons. The second-order valence-electron chi connectivity index (χ2n) is 5.05. The van der Waals surface area contributed by atoms with E-state index in [0.717, 1.165) is 40.7 Å². The maximum Gasteiger partial charge on any atom is 0.150 e. The van der Waals surface area contributed by atoms with Gasteiger partial charge in [0.2, 0.25) is 0 Å². The molecule has 2 rings (SSSR count). The van der Waals surface area contributed by atoms with Crippen molar-refractivity contribution in [3.05, 3.63) is 29.8 Å². The van der Waals surface area contributed by atoms with Gasteiger partial charge in [0, 0.05) is 17.7 Å². The summed E-state index contributed by atoms with van der Waals surface area (Å²) < 4.78 is 5.50. The second-order valence-corrected chi connectivity index (χ2v) is 5.05. The maximum absolute atomic E-state index is 6.10. The molecule has 1 aromatic heterocycles. The average molecular weight is 285 g/mol. The second kappa shape index (κ2) is 7.18. The SMILES string of the molecule is CCC/C(COCC)=N\c1c(N)nc2ccccc2c1C. The van der Waals surface area contributed by atoms with Crippen LogP contribution < -0.4 is 5.73 Å². The van der Waals surface area contributed by atoms with E-state index in [1.807, 2.05) is 32.0 Å². The van der Waals surface area contributed by atoms with Gasteiger partial charge >= 0.3 is 0 Å². The van der Waals surface area contributed by atoms with Crippen LogP contribution in [0.2, 0.25) is 0 Å². The number of benzene rings is 1. The summed E-state index contributed by atoms with van der Waals surface area (Å²) in [7, 11) is 0. The lowest BCUT2D eigenvalue weighted by atomic mass is 10.1. The largest absolute Gasteiger partial charge is 0.382 e. The number of nitrogens with zero attached hydrogens (tertiary/aromatic N) is 2. The van der Waals surface area contributed by atoms with Gasteiger partial charge in [0.25, 0.3) is 0 Å². The minimum absolute atomic E-state index is 0.483. The fraction of sp³-hybridized carbons (Fsp3) is 0.412. The monoisotopic (exact) mass is 285 g/mol. The standard InChI is InChI=1S/C17H23N3O/c1-4-8-13(11-21-5-2)19-16-12(3)14-9-6-7-10-15(14)20-17(16)18/h6-7,9-10H,4-5,8,11H2,1-3H3,(H2,18,20)/b19-13+. The first-order chi connectivity index (χ1) is 10.2. The molecule has 0 aliphatic rings. The van der Waals surface area contributed by atoms with Crippen molar-refractivity contribution in [1.82, 2.24) is 4.98 Å². The van der Waals surface area contributed by atoms with Crippen molar-refractivity contribution in [2.24, 2.45) is 4.99 Å². The van der Waals surface area contributed by atoms with Gasteiger partial charge in [-0.05, 0) is 31.9 Å². The molecule has 4 heteroatoms. The number of nitrogens with two attached hydrogens (primary N) is 1. The molecule has 0 atom stereocenters. The molecule has 21 heavy (non-hydrogen) atoms. The molecule has 0 spiro atoms. The van der Waals surface area contributed by atoms with Gasteiger partial charge in [0.15, 0.2) is 0 Å². The minimum atomic E-state index is 0.483. The Morgan fingerprint density at radius 2 is 2.05 bits per heavy atom. The molecule has 0 saturated heterocycles. The van der Waals surface area contributed by atoms with E-state index in [0.29, 0.717) is 19.0 Å². The van der Waals surface area contributed by atoms with E-state index in [4.69, 9.17) is 15.5 Å². The Hall–Kier alpha value is -1.94. The van der Waals surface area contributed by atoms with Crippen LogP contribution in [-0.4, -0.2) is 23.9 Å². The van der Waals surface area contributed by atoms with Crippen LogP contribution in [0.15, 0.2) is 29.3 Å². The van der Waals surface area contributed by atoms with Crippen molar-refractivity contribution in [2.75, 3.05) is 18.9 Å². The highest BCUT2D eigenvalue weighted by atomic mass is 16.5. The fourth-order valence-electron chi connectivity index (χ4n) is 2.36. The molecule has 0 unspecified atom stereocenters. The first-order valence-corrected chi connectivity index (χ1v) is 7.46. The summed E-state index contributed by atoms with van der Waals surface area (Å²) in [6, 6.07) is 8.00. The lowest BCUT2D eigenvalue weighted by molar-refractivity contribution is 0.186. The van der Waals surface area contributed by atoms with Crippen LogP contribution in [0.3, 0.4) is 0 Å². The third kappa shape index (κ3) is 3.58. The number of aryl methyl sites for hydroxylation is 1. The van der Waals surface area contributed by atoms with Gasteiger partial charge in [-0.25, -0.2) is 4.98 Å². The summed E-state index contributed by atoms with van der Waals surface area (Å²) in [6.07, 6.45) is 1.94. The molecule has 0 fully saturated rings. The quantitative estimate of drug-likeness (QED) is 0.815. The van der Waals surface area contributed by atoms with E-state index < -0.39 is 0 Å². The molecule has 0 amide bonds. The Bertz CT molecular complexity index is 650. The van der Waals surface area contributed by atoms with Gasteiger partial charge < -0.3 is 10.5 Å². The molecule has 112 valence electrons. The van der Waals surface area contributed by atoms with Crippen LogP contribution in [-0.2, 0) is 4.74 Å². The van der Waals surface area contributed by atoms with Crippen molar-refractivity contribution in [2.45, 2.75) is 33.6 Å². The summed E-state index contributed by atoms with van der Waals surface area (Å²) in [5.74, 6) is 0.483. The van der Waals surface area contributed by atoms with Crippen molar-refractivity contribution in [1.29, 1.82) is 0 Å². The topological polar surface area (TPSA) is 60.5 Å². The number of nitrogen functional groups attached to an aromatic ring is 1. The van der Waals surface area contributed by atoms with Crippen LogP contribution in [0, 0.1) is 6.92 Å². The number of rotatable bonds is 6. The Kier molecular flexibility index (Phi) is 5.28. The molecule has 0 aliphatic carbocycles. The van der Waals surface area contributed by atoms with E-state index >= 15 is 0 Å². The lowest BCUT2D eigenvalue weighted by Crippen LogP contribution is -2.09. The Morgan fingerprint density at radius 1 is 1.29 bits per heavy atom. The fourth-order valence-corrected chi connectivity index (χ4v) is 2.36. The third-order valence-electron chi connectivity index (χ3n) is 3.43. The normalized spacial score (nSPS) is 12.0. The molecule has 4 nitrogen and oxygen atoms in total. The predicted molar refractivity (Wildman–Crippen MR) is 89.4 cm³/mol. The zero-order valence-electron chi connectivity index (χ0n) is 13.0. The number of aliphatic imine (C=N–C) groups is 1. The molecule has 0 aliphatic heterocycles. The Balaban J connectivity index is 2.48. The number of pyridine rings is 1. The maximum atomic E-state index is 6.10. The number of fused-ring (bicyclic) bond motifs is 1. The summed E-state index contributed by atoms with van der Waals surface area (Å²) in [5, 5.41) is 1.10. The van der Waals surface area contributed by atoms with E-state index in [2.05, 4.69) is 18.0 Å². The van der Waals surface area contributed by atoms with Crippen molar-refractivity contribution in [3.8, 4) is 0 Å². The number of hydrogen-bond acceptors (Lipinski definition) is 4. The van der Waals surface area contributed by atoms with Gasteiger partial charge in [-0.1, -0.05) is 31.5 Å². The summed E-state index contributed by atoms with van der Waals surface area (Å²) >= 11 is 0. The van der Waals surface area contributed by atoms with Gasteiger partial charge in [-0.3, -0.25) is 4.99 Å². The van der Waals surface area contributed by atoms with E-state index in [1.54, 1.807) is 0 Å². The van der Waals surface area contributed by atoms with E-state index in [-0.39, 0.29) is 0 Å². The highest BCUT2D eigenvalue weighted by molar-refractivity contribution is 5.94. The highest BCUT2D eigenvalue weighted by Gasteiger charge is 2.10. The smallest absolute Gasteiger partial charge is 0.150 e. The van der Waals surface area contributed by atoms with Crippen molar-refractivity contribution >= 4 is 28.1 Å². The Labute approximate surface area is 126 Å². The molecular formula is C17H23N3O. The first-order valence-electron chi connectivity index (χ1n) is 7.46. The molecule has 1 aromatic carbocycles. The van der Waals surface area contributed by atoms with Gasteiger partial charge in [-0.2, -0.15) is 0 Å². The summed E-state index contributed by atoms with van der Waals surface area (Å²) in [6.45, 7) is 7.41. The predicted octanol–water partition coefficient (Wildman–Crippen LogP) is 4.03. The van der Waals surface area contributed by atoms with Gasteiger partial charge in [0.05, 0.1) is 12.1 Å². The third-order valence-corrected chi connectivity index (χ3v) is 3.43. The molecule has 2 N–H and O–H groups in total. The molecule has 2 aromatic rings. The van der Waals surface area contributed by atoms with Crippen LogP contribution in [0.1, 0.15) is 32.3 Å². The van der Waals surface area contributed by atoms with Crippen molar-refractivity contribution in [3.63, 3.8) is 0 Å². The highest BCUT2D eigenvalue weighted by Crippen LogP contribution is 2.31. The van der Waals surface area contributed by atoms with E-state index in [9.17, 15) is 0 Å². The summed E-state index contributed by atoms with van der Waals surface area (Å²) in [5.41, 5.74) is 9.88. The summed E-state index contributed by atoms with van der Waals surface area (Å²) in [4.78, 5) is 9.20. The lowest BCUT2D eigenvalue weighted by Gasteiger charge is -2.11. The number of ether oxygens (including phenoxy) is 1. The first kappa shape index (κ1) is 15.4. The molecule has 0 saturated carbocycles. The van der Waals surface area contributed by atoms with Gasteiger partial charge in [-0.15, -0.1) is 0 Å². The Morgan fingerprint density at radius 3 is 2.76 bits per heavy atom.